The molecule has 2 unspecified atom stereocenters. The van der Waals surface area contributed by atoms with Crippen molar-refractivity contribution >= 4 is 22.5 Å². The van der Waals surface area contributed by atoms with Gasteiger partial charge in [-0.05, 0) is 41.8 Å². The van der Waals surface area contributed by atoms with Gasteiger partial charge in [-0.3, -0.25) is 4.98 Å². The smallest absolute Gasteiger partial charge is 0.0704 e. The van der Waals surface area contributed by atoms with Crippen molar-refractivity contribution in [2.24, 2.45) is 0 Å². The second kappa shape index (κ2) is 7.52. The molecule has 25 heavy (non-hydrogen) atoms. The highest BCUT2D eigenvalue weighted by molar-refractivity contribution is 6.30. The van der Waals surface area contributed by atoms with Crippen molar-refractivity contribution in [1.29, 1.82) is 0 Å². The van der Waals surface area contributed by atoms with Crippen LogP contribution in [0.15, 0.2) is 60.8 Å². The summed E-state index contributed by atoms with van der Waals surface area (Å²) in [5, 5.41) is 9.16. The molecule has 0 spiro atoms. The van der Waals surface area contributed by atoms with Gasteiger partial charge in [0, 0.05) is 48.2 Å². The van der Waals surface area contributed by atoms with E-state index in [-0.39, 0.29) is 0 Å². The third kappa shape index (κ3) is 3.84. The highest BCUT2D eigenvalue weighted by Gasteiger charge is 2.25. The first-order chi connectivity index (χ1) is 12.3. The number of hydrogen-bond acceptors (Lipinski definition) is 3. The normalized spacial score (nSPS) is 19.0. The van der Waals surface area contributed by atoms with Gasteiger partial charge in [0.2, 0.25) is 0 Å². The largest absolute Gasteiger partial charge is 0.314 e. The second-order valence-electron chi connectivity index (χ2n) is 6.66. The summed E-state index contributed by atoms with van der Waals surface area (Å²) < 4.78 is 0. The van der Waals surface area contributed by atoms with Gasteiger partial charge >= 0.3 is 0 Å². The number of pyridine rings is 1. The van der Waals surface area contributed by atoms with Gasteiger partial charge in [-0.2, -0.15) is 0 Å². The summed E-state index contributed by atoms with van der Waals surface area (Å²) in [6.07, 6.45) is 2.84. The van der Waals surface area contributed by atoms with Gasteiger partial charge in [0.15, 0.2) is 0 Å². The fourth-order valence-corrected chi connectivity index (χ4v) is 3.78. The van der Waals surface area contributed by atoms with Crippen LogP contribution in [0, 0.1) is 0 Å². The van der Waals surface area contributed by atoms with Crippen molar-refractivity contribution < 1.29 is 0 Å². The van der Waals surface area contributed by atoms with E-state index in [1.54, 1.807) is 0 Å². The molecule has 128 valence electrons. The van der Waals surface area contributed by atoms with Crippen LogP contribution in [0.4, 0.5) is 0 Å². The van der Waals surface area contributed by atoms with Crippen LogP contribution in [0.3, 0.4) is 0 Å². The number of nitrogens with one attached hydrogen (secondary N) is 2. The number of halogens is 1. The fraction of sp³-hybridized carbons (Fsp3) is 0.286. The Kier molecular flexibility index (Phi) is 4.97. The van der Waals surface area contributed by atoms with Crippen molar-refractivity contribution in [2.75, 3.05) is 19.6 Å². The van der Waals surface area contributed by atoms with E-state index in [1.807, 2.05) is 24.4 Å². The van der Waals surface area contributed by atoms with Crippen LogP contribution < -0.4 is 10.6 Å². The maximum Gasteiger partial charge on any atom is 0.0704 e. The van der Waals surface area contributed by atoms with Gasteiger partial charge in [-0.1, -0.05) is 41.9 Å². The van der Waals surface area contributed by atoms with E-state index >= 15 is 0 Å². The van der Waals surface area contributed by atoms with E-state index in [2.05, 4.69) is 52.0 Å². The first kappa shape index (κ1) is 16.5. The molecule has 0 bridgehead atoms. The predicted octanol–water partition coefficient (Wildman–Crippen LogP) is 3.78. The lowest BCUT2D eigenvalue weighted by atomic mass is 9.85. The molecule has 1 aliphatic rings. The Morgan fingerprint density at radius 3 is 2.76 bits per heavy atom. The molecule has 1 aromatic heterocycles. The highest BCUT2D eigenvalue weighted by atomic mass is 35.5. The standard InChI is InChI=1S/C21H22ClN3/c22-18-7-5-16(6-8-18)19(21-14-23-10-11-25-21)12-15-3-4-17-2-1-9-24-20(17)13-15/h1-9,13,19,21,23,25H,10-12,14H2. The summed E-state index contributed by atoms with van der Waals surface area (Å²) >= 11 is 6.09. The Bertz CT molecular complexity index is 841. The Morgan fingerprint density at radius 1 is 1.08 bits per heavy atom. The zero-order valence-corrected chi connectivity index (χ0v) is 14.8. The van der Waals surface area contributed by atoms with E-state index in [1.165, 1.54) is 16.5 Å². The predicted molar refractivity (Wildman–Crippen MR) is 104 cm³/mol. The zero-order chi connectivity index (χ0) is 17.1. The molecule has 1 aliphatic heterocycles. The molecule has 3 nitrogen and oxygen atoms in total. The van der Waals surface area contributed by atoms with Crippen LogP contribution in [0.2, 0.25) is 5.02 Å². The van der Waals surface area contributed by atoms with Gasteiger partial charge in [-0.25, -0.2) is 0 Å². The fourth-order valence-electron chi connectivity index (χ4n) is 3.66. The molecule has 4 heteroatoms. The topological polar surface area (TPSA) is 37.0 Å². The van der Waals surface area contributed by atoms with Crippen LogP contribution in [0.25, 0.3) is 10.9 Å². The number of nitrogens with zero attached hydrogens (tertiary/aromatic N) is 1. The van der Waals surface area contributed by atoms with Crippen molar-refractivity contribution in [3.05, 3.63) is 76.9 Å². The number of aromatic nitrogens is 1. The zero-order valence-electron chi connectivity index (χ0n) is 14.1. The van der Waals surface area contributed by atoms with Crippen molar-refractivity contribution in [2.45, 2.75) is 18.4 Å². The molecule has 0 radical (unpaired) electrons. The quantitative estimate of drug-likeness (QED) is 0.751. The molecule has 2 aromatic carbocycles. The van der Waals surface area contributed by atoms with Crippen molar-refractivity contribution in [3.8, 4) is 0 Å². The average molecular weight is 352 g/mol. The minimum absolute atomic E-state index is 0.395. The summed E-state index contributed by atoms with van der Waals surface area (Å²) in [5.74, 6) is 0.395. The number of fused-ring (bicyclic) bond motifs is 1. The van der Waals surface area contributed by atoms with Crippen LogP contribution in [0.1, 0.15) is 17.0 Å². The molecule has 2 atom stereocenters. The summed E-state index contributed by atoms with van der Waals surface area (Å²) in [6, 6.07) is 19.4. The van der Waals surface area contributed by atoms with Crippen molar-refractivity contribution in [3.63, 3.8) is 0 Å². The van der Waals surface area contributed by atoms with E-state index < -0.39 is 0 Å². The Labute approximate surface area is 153 Å². The number of rotatable bonds is 4. The van der Waals surface area contributed by atoms with Crippen LogP contribution in [0.5, 0.6) is 0 Å². The number of piperazine rings is 1. The lowest BCUT2D eigenvalue weighted by Crippen LogP contribution is -2.51. The van der Waals surface area contributed by atoms with Crippen molar-refractivity contribution in [1.82, 2.24) is 15.6 Å². The molecule has 3 aromatic rings. The first-order valence-corrected chi connectivity index (χ1v) is 9.20. The summed E-state index contributed by atoms with van der Waals surface area (Å²) in [5.41, 5.74) is 3.70. The SMILES string of the molecule is Clc1ccc(C(Cc2ccc3cccnc3c2)C2CNCCN2)cc1. The van der Waals surface area contributed by atoms with Crippen LogP contribution in [-0.4, -0.2) is 30.7 Å². The van der Waals surface area contributed by atoms with Crippen LogP contribution in [-0.2, 0) is 6.42 Å². The van der Waals surface area contributed by atoms with E-state index in [9.17, 15) is 0 Å². The van der Waals surface area contributed by atoms with Crippen LogP contribution >= 0.6 is 11.6 Å². The lowest BCUT2D eigenvalue weighted by molar-refractivity contribution is 0.364. The molecule has 0 aliphatic carbocycles. The molecule has 1 saturated heterocycles. The molecule has 0 amide bonds. The van der Waals surface area contributed by atoms with Gasteiger partial charge in [0.05, 0.1) is 5.52 Å². The Hall–Kier alpha value is -1.94. The summed E-state index contributed by atoms with van der Waals surface area (Å²) in [7, 11) is 0. The van der Waals surface area contributed by atoms with Gasteiger partial charge < -0.3 is 10.6 Å². The summed E-state index contributed by atoms with van der Waals surface area (Å²) in [4.78, 5) is 4.50. The monoisotopic (exact) mass is 351 g/mol. The minimum atomic E-state index is 0.395. The average Bonchev–Trinajstić information content (AvgIpc) is 2.67. The van der Waals surface area contributed by atoms with E-state index in [0.29, 0.717) is 12.0 Å². The minimum Gasteiger partial charge on any atom is -0.314 e. The third-order valence-electron chi connectivity index (χ3n) is 4.98. The maximum atomic E-state index is 6.09. The van der Waals surface area contributed by atoms with E-state index in [0.717, 1.165) is 36.6 Å². The maximum absolute atomic E-state index is 6.09. The molecule has 2 heterocycles. The van der Waals surface area contributed by atoms with E-state index in [4.69, 9.17) is 11.6 Å². The molecule has 0 saturated carbocycles. The number of benzene rings is 2. The van der Waals surface area contributed by atoms with Gasteiger partial charge in [0.25, 0.3) is 0 Å². The second-order valence-corrected chi connectivity index (χ2v) is 7.09. The Balaban J connectivity index is 1.65. The van der Waals surface area contributed by atoms with Gasteiger partial charge in [0.1, 0.15) is 0 Å². The lowest BCUT2D eigenvalue weighted by Gasteiger charge is -2.32. The number of hydrogen-bond donors (Lipinski definition) is 2. The Morgan fingerprint density at radius 2 is 1.96 bits per heavy atom. The highest BCUT2D eigenvalue weighted by Crippen LogP contribution is 2.27. The summed E-state index contributed by atoms with van der Waals surface area (Å²) in [6.45, 7) is 3.02. The molecule has 1 fully saturated rings. The molecular formula is C21H22ClN3. The van der Waals surface area contributed by atoms with Gasteiger partial charge in [-0.15, -0.1) is 0 Å². The third-order valence-corrected chi connectivity index (χ3v) is 5.23. The molecular weight excluding hydrogens is 330 g/mol. The first-order valence-electron chi connectivity index (χ1n) is 8.83. The molecule has 4 rings (SSSR count). The molecule has 2 N–H and O–H groups in total.